The van der Waals surface area contributed by atoms with Gasteiger partial charge in [0, 0.05) is 12.1 Å². The van der Waals surface area contributed by atoms with E-state index in [4.69, 9.17) is 10.7 Å². The van der Waals surface area contributed by atoms with Crippen molar-refractivity contribution >= 4 is 27.6 Å². The molecule has 0 saturated carbocycles. The predicted molar refractivity (Wildman–Crippen MR) is 136 cm³/mol. The Morgan fingerprint density at radius 1 is 1.03 bits per heavy atom. The Morgan fingerprint density at radius 3 is 2.54 bits per heavy atom. The van der Waals surface area contributed by atoms with E-state index in [1.165, 1.54) is 0 Å². The summed E-state index contributed by atoms with van der Waals surface area (Å²) in [5, 5.41) is 2.77. The third kappa shape index (κ3) is 3.77. The van der Waals surface area contributed by atoms with Crippen LogP contribution in [-0.2, 0) is 4.79 Å². The van der Waals surface area contributed by atoms with Gasteiger partial charge in [-0.05, 0) is 59.0 Å². The lowest BCUT2D eigenvalue weighted by Gasteiger charge is -2.23. The first-order valence-electron chi connectivity index (χ1n) is 11.7. The smallest absolute Gasteiger partial charge is 0.258 e. The van der Waals surface area contributed by atoms with Gasteiger partial charge < -0.3 is 20.6 Å². The van der Waals surface area contributed by atoms with Crippen LogP contribution in [0.5, 0.6) is 0 Å². The number of amides is 1. The molecule has 6 rings (SSSR count). The van der Waals surface area contributed by atoms with Crippen LogP contribution < -0.4 is 11.3 Å². The van der Waals surface area contributed by atoms with Crippen molar-refractivity contribution in [2.75, 3.05) is 13.1 Å². The number of nitrogens with zero attached hydrogens (tertiary/aromatic N) is 3. The van der Waals surface area contributed by atoms with Gasteiger partial charge in [0.2, 0.25) is 5.91 Å². The van der Waals surface area contributed by atoms with E-state index in [-0.39, 0.29) is 24.1 Å². The van der Waals surface area contributed by atoms with Crippen LogP contribution in [0.4, 0.5) is 0 Å². The maximum Gasteiger partial charge on any atom is 0.258 e. The Kier molecular flexibility index (Phi) is 5.15. The van der Waals surface area contributed by atoms with Gasteiger partial charge in [-0.25, -0.2) is 9.97 Å². The van der Waals surface area contributed by atoms with Gasteiger partial charge in [0.05, 0.1) is 41.7 Å². The predicted octanol–water partition coefficient (Wildman–Crippen LogP) is 3.76. The van der Waals surface area contributed by atoms with E-state index in [1.54, 1.807) is 11.2 Å². The largest absolute Gasteiger partial charge is 0.345 e. The molecule has 8 heteroatoms. The molecule has 3 heterocycles. The molecule has 4 N–H and O–H groups in total. The van der Waals surface area contributed by atoms with Gasteiger partial charge in [-0.15, -0.1) is 0 Å². The number of H-pyrrole nitrogens is 2. The molecule has 1 saturated heterocycles. The molecule has 1 atom stereocenters. The first kappa shape index (κ1) is 21.2. The topological polar surface area (TPSA) is 121 Å². The summed E-state index contributed by atoms with van der Waals surface area (Å²) in [5.74, 6) is 0.389. The minimum atomic E-state index is -0.253. The second-order valence-corrected chi connectivity index (χ2v) is 8.87. The zero-order chi connectivity index (χ0) is 23.9. The highest BCUT2D eigenvalue weighted by Gasteiger charge is 2.31. The van der Waals surface area contributed by atoms with Gasteiger partial charge in [-0.2, -0.15) is 0 Å². The Hall–Kier alpha value is -4.30. The first-order chi connectivity index (χ1) is 17.1. The molecule has 0 radical (unpaired) electrons. The SMILES string of the molecule is NCC(=O)N1CCCC1c1nc2cc(-c3ccc4cc(-c5cnc[nH]5)ccc4c3)ccc2c(=O)[nH]1. The van der Waals surface area contributed by atoms with Gasteiger partial charge >= 0.3 is 0 Å². The van der Waals surface area contributed by atoms with Crippen LogP contribution in [0.15, 0.2) is 71.9 Å². The average molecular weight is 465 g/mol. The van der Waals surface area contributed by atoms with Gasteiger partial charge in [0.1, 0.15) is 5.82 Å². The number of likely N-dealkylation sites (tertiary alicyclic amines) is 1. The molecule has 2 aromatic heterocycles. The number of hydrogen-bond donors (Lipinski definition) is 3. The number of carbonyl (C=O) groups is 1. The van der Waals surface area contributed by atoms with Crippen molar-refractivity contribution < 1.29 is 4.79 Å². The molecule has 0 aliphatic carbocycles. The fourth-order valence-corrected chi connectivity index (χ4v) is 4.97. The number of carbonyl (C=O) groups excluding carboxylic acids is 1. The quantitative estimate of drug-likeness (QED) is 0.374. The monoisotopic (exact) mass is 464 g/mol. The van der Waals surface area contributed by atoms with Crippen molar-refractivity contribution in [1.29, 1.82) is 0 Å². The normalized spacial score (nSPS) is 15.8. The lowest BCUT2D eigenvalue weighted by Crippen LogP contribution is -2.36. The van der Waals surface area contributed by atoms with E-state index in [1.807, 2.05) is 24.4 Å². The zero-order valence-electron chi connectivity index (χ0n) is 19.0. The van der Waals surface area contributed by atoms with E-state index < -0.39 is 0 Å². The molecule has 1 unspecified atom stereocenters. The first-order valence-corrected chi connectivity index (χ1v) is 11.7. The summed E-state index contributed by atoms with van der Waals surface area (Å²) < 4.78 is 0. The molecule has 5 aromatic rings. The summed E-state index contributed by atoms with van der Waals surface area (Å²) in [7, 11) is 0. The number of imidazole rings is 1. The molecule has 8 nitrogen and oxygen atoms in total. The number of aromatic amines is 2. The Balaban J connectivity index is 1.38. The van der Waals surface area contributed by atoms with Crippen molar-refractivity contribution in [1.82, 2.24) is 24.8 Å². The van der Waals surface area contributed by atoms with E-state index in [2.05, 4.69) is 51.4 Å². The van der Waals surface area contributed by atoms with Crippen molar-refractivity contribution in [3.63, 3.8) is 0 Å². The highest BCUT2D eigenvalue weighted by Crippen LogP contribution is 2.31. The van der Waals surface area contributed by atoms with Crippen molar-refractivity contribution in [2.45, 2.75) is 18.9 Å². The zero-order valence-corrected chi connectivity index (χ0v) is 19.0. The lowest BCUT2D eigenvalue weighted by atomic mass is 9.98. The van der Waals surface area contributed by atoms with Crippen LogP contribution in [0.2, 0.25) is 0 Å². The summed E-state index contributed by atoms with van der Waals surface area (Å²) in [6, 6.07) is 18.1. The van der Waals surface area contributed by atoms with Crippen LogP contribution in [-0.4, -0.2) is 43.8 Å². The van der Waals surface area contributed by atoms with E-state index in [0.717, 1.165) is 46.0 Å². The molecular formula is C27H24N6O2. The average Bonchev–Trinajstić information content (AvgIpc) is 3.60. The maximum atomic E-state index is 12.8. The van der Waals surface area contributed by atoms with Gasteiger partial charge in [-0.3, -0.25) is 9.59 Å². The lowest BCUT2D eigenvalue weighted by molar-refractivity contribution is -0.130. The minimum Gasteiger partial charge on any atom is -0.345 e. The Bertz CT molecular complexity index is 1620. The highest BCUT2D eigenvalue weighted by atomic mass is 16.2. The minimum absolute atomic E-state index is 0.0518. The van der Waals surface area contributed by atoms with E-state index >= 15 is 0 Å². The van der Waals surface area contributed by atoms with Crippen LogP contribution >= 0.6 is 0 Å². The molecule has 1 fully saturated rings. The molecule has 3 aromatic carbocycles. The summed E-state index contributed by atoms with van der Waals surface area (Å²) in [5.41, 5.74) is 10.1. The summed E-state index contributed by atoms with van der Waals surface area (Å²) in [6.45, 7) is 0.575. The molecule has 35 heavy (non-hydrogen) atoms. The van der Waals surface area contributed by atoms with Gasteiger partial charge in [0.15, 0.2) is 0 Å². The fourth-order valence-electron chi connectivity index (χ4n) is 4.97. The summed E-state index contributed by atoms with van der Waals surface area (Å²) in [4.78, 5) is 41.7. The van der Waals surface area contributed by atoms with Crippen LogP contribution in [0, 0.1) is 0 Å². The molecule has 0 bridgehead atoms. The number of hydrogen-bond acceptors (Lipinski definition) is 5. The Labute approximate surface area is 200 Å². The molecule has 174 valence electrons. The molecule has 0 spiro atoms. The summed E-state index contributed by atoms with van der Waals surface area (Å²) >= 11 is 0. The standard InChI is InChI=1S/C27H24N6O2/c28-13-25(34)33-9-1-2-24(33)26-31-22-12-19(7-8-21(22)27(35)32-26)17-3-4-18-11-20(6-5-16(18)10-17)23-14-29-15-30-23/h3-8,10-12,14-15,24H,1-2,9,13,28H2,(H,29,30)(H,31,32,35). The third-order valence-electron chi connectivity index (χ3n) is 6.77. The number of fused-ring (bicyclic) bond motifs is 2. The van der Waals surface area contributed by atoms with Crippen molar-refractivity contribution in [3.8, 4) is 22.4 Å². The van der Waals surface area contributed by atoms with Gasteiger partial charge in [0.25, 0.3) is 5.56 Å². The van der Waals surface area contributed by atoms with Crippen LogP contribution in [0.1, 0.15) is 24.7 Å². The molecule has 1 amide bonds. The second kappa shape index (κ2) is 8.48. The fraction of sp³-hybridized carbons (Fsp3) is 0.185. The highest BCUT2D eigenvalue weighted by molar-refractivity contribution is 5.92. The Morgan fingerprint density at radius 2 is 1.77 bits per heavy atom. The summed E-state index contributed by atoms with van der Waals surface area (Å²) in [6.07, 6.45) is 5.10. The van der Waals surface area contributed by atoms with Crippen LogP contribution in [0.25, 0.3) is 44.1 Å². The second-order valence-electron chi connectivity index (χ2n) is 8.87. The number of nitrogens with two attached hydrogens (primary N) is 1. The molecule has 1 aliphatic rings. The molecule has 1 aliphatic heterocycles. The maximum absolute atomic E-state index is 12.8. The number of nitrogens with one attached hydrogen (secondary N) is 2. The number of benzene rings is 3. The number of rotatable bonds is 4. The molecular weight excluding hydrogens is 440 g/mol. The van der Waals surface area contributed by atoms with E-state index in [9.17, 15) is 9.59 Å². The number of aromatic nitrogens is 4. The van der Waals surface area contributed by atoms with Crippen molar-refractivity contribution in [2.24, 2.45) is 5.73 Å². The van der Waals surface area contributed by atoms with Crippen molar-refractivity contribution in [3.05, 3.63) is 83.3 Å². The van der Waals surface area contributed by atoms with E-state index in [0.29, 0.717) is 23.3 Å². The van der Waals surface area contributed by atoms with Gasteiger partial charge in [-0.1, -0.05) is 30.3 Å². The third-order valence-corrected chi connectivity index (χ3v) is 6.77. The van der Waals surface area contributed by atoms with Crippen LogP contribution in [0.3, 0.4) is 0 Å².